The van der Waals surface area contributed by atoms with Gasteiger partial charge in [0.2, 0.25) is 5.78 Å². The van der Waals surface area contributed by atoms with Gasteiger partial charge >= 0.3 is 5.79 Å². The highest BCUT2D eigenvalue weighted by Gasteiger charge is 2.58. The van der Waals surface area contributed by atoms with Gasteiger partial charge < -0.3 is 39.0 Å². The second kappa shape index (κ2) is 7.36. The van der Waals surface area contributed by atoms with Crippen LogP contribution in [-0.2, 0) is 15.3 Å². The van der Waals surface area contributed by atoms with Crippen molar-refractivity contribution in [3.63, 3.8) is 0 Å². The van der Waals surface area contributed by atoms with Crippen LogP contribution < -0.4 is 14.2 Å². The molecule has 0 spiro atoms. The van der Waals surface area contributed by atoms with Gasteiger partial charge in [0.25, 0.3) is 0 Å². The van der Waals surface area contributed by atoms with Crippen LogP contribution in [0.4, 0.5) is 0 Å². The largest absolute Gasteiger partial charge is 0.508 e. The Morgan fingerprint density at radius 1 is 1.06 bits per heavy atom. The van der Waals surface area contributed by atoms with Gasteiger partial charge in [-0.25, -0.2) is 0 Å². The fourth-order valence-corrected chi connectivity index (χ4v) is 4.93. The van der Waals surface area contributed by atoms with E-state index in [2.05, 4.69) is 0 Å². The molecule has 0 aliphatic carbocycles. The van der Waals surface area contributed by atoms with Gasteiger partial charge in [-0.1, -0.05) is 0 Å². The second-order valence-corrected chi connectivity index (χ2v) is 10.0. The van der Waals surface area contributed by atoms with Gasteiger partial charge in [0.15, 0.2) is 6.10 Å². The molecule has 0 bridgehead atoms. The predicted octanol–water partition coefficient (Wildman–Crippen LogP) is 3.58. The second-order valence-electron chi connectivity index (χ2n) is 10.0. The highest BCUT2D eigenvalue weighted by atomic mass is 16.7. The lowest BCUT2D eigenvalue weighted by Gasteiger charge is -2.32. The summed E-state index contributed by atoms with van der Waals surface area (Å²) in [5.41, 5.74) is -0.903. The fourth-order valence-electron chi connectivity index (χ4n) is 4.93. The van der Waals surface area contributed by atoms with Gasteiger partial charge in [-0.05, 0) is 52.0 Å². The quantitative estimate of drug-likeness (QED) is 0.597. The lowest BCUT2D eigenvalue weighted by molar-refractivity contribution is -0.125. The molecule has 0 fully saturated rings. The summed E-state index contributed by atoms with van der Waals surface area (Å²) in [6.07, 6.45) is 2.06. The lowest BCUT2D eigenvalue weighted by Crippen LogP contribution is -2.42. The molecule has 0 saturated heterocycles. The summed E-state index contributed by atoms with van der Waals surface area (Å²) < 4.78 is 30.1. The Labute approximate surface area is 202 Å². The molecule has 9 nitrogen and oxygen atoms in total. The number of rotatable bonds is 4. The van der Waals surface area contributed by atoms with Crippen molar-refractivity contribution >= 4 is 11.9 Å². The highest BCUT2D eigenvalue weighted by Crippen LogP contribution is 2.60. The molecule has 3 N–H and O–H groups in total. The van der Waals surface area contributed by atoms with Gasteiger partial charge in [0, 0.05) is 20.3 Å². The molecular formula is C26H28O9. The smallest absolute Gasteiger partial charge is 0.306 e. The van der Waals surface area contributed by atoms with E-state index >= 15 is 0 Å². The first kappa shape index (κ1) is 23.5. The predicted molar refractivity (Wildman–Crippen MR) is 124 cm³/mol. The number of carbonyl (C=O) groups is 1. The van der Waals surface area contributed by atoms with Gasteiger partial charge in [0.05, 0.1) is 22.3 Å². The van der Waals surface area contributed by atoms with Crippen molar-refractivity contribution in [3.05, 3.63) is 46.5 Å². The summed E-state index contributed by atoms with van der Waals surface area (Å²) in [5, 5.41) is 31.2. The number of aromatic hydroxyl groups is 2. The molecule has 35 heavy (non-hydrogen) atoms. The molecule has 0 amide bonds. The van der Waals surface area contributed by atoms with Crippen molar-refractivity contribution in [2.24, 2.45) is 0 Å². The van der Waals surface area contributed by atoms with Crippen molar-refractivity contribution in [1.82, 2.24) is 0 Å². The topological polar surface area (TPSA) is 124 Å². The molecule has 186 valence electrons. The monoisotopic (exact) mass is 484 g/mol. The minimum absolute atomic E-state index is 0.0165. The number of ketones is 1. The highest BCUT2D eigenvalue weighted by molar-refractivity contribution is 6.11. The molecular weight excluding hydrogens is 456 g/mol. The van der Waals surface area contributed by atoms with Crippen LogP contribution in [0, 0.1) is 0 Å². The third-order valence-electron chi connectivity index (χ3n) is 6.60. The van der Waals surface area contributed by atoms with Crippen LogP contribution in [0.15, 0.2) is 24.3 Å². The summed E-state index contributed by atoms with van der Waals surface area (Å²) in [6.45, 7) is 6.96. The maximum atomic E-state index is 14.0. The van der Waals surface area contributed by atoms with E-state index < -0.39 is 35.0 Å². The minimum Gasteiger partial charge on any atom is -0.508 e. The molecule has 3 heterocycles. The number of hydrogen-bond donors (Lipinski definition) is 3. The maximum Gasteiger partial charge on any atom is 0.306 e. The maximum absolute atomic E-state index is 14.0. The molecule has 3 aliphatic heterocycles. The van der Waals surface area contributed by atoms with E-state index in [1.807, 2.05) is 19.9 Å². The average Bonchev–Trinajstić information content (AvgIpc) is 3.29. The zero-order valence-corrected chi connectivity index (χ0v) is 20.3. The Balaban J connectivity index is 1.80. The number of phenolic OH excluding ortho intramolecular Hbond substituents is 2. The van der Waals surface area contributed by atoms with E-state index in [-0.39, 0.29) is 34.1 Å². The first-order chi connectivity index (χ1) is 16.3. The zero-order chi connectivity index (χ0) is 25.5. The summed E-state index contributed by atoms with van der Waals surface area (Å²) in [4.78, 5) is 14.0. The summed E-state index contributed by atoms with van der Waals surface area (Å²) in [5.74, 6) is -2.46. The SMILES string of the molecule is CO[C@@H]1c2c3c(c4c(c2O[C@H]1C(C)(C)O)C(=O)[C@@](OC)(c1ccc(O)cc1O)O4)C=CC(C)(C)O3. The number of ether oxygens (including phenoxy) is 5. The van der Waals surface area contributed by atoms with Crippen molar-refractivity contribution in [2.75, 3.05) is 14.2 Å². The van der Waals surface area contributed by atoms with E-state index in [4.69, 9.17) is 23.7 Å². The minimum atomic E-state index is -2.04. The first-order valence-corrected chi connectivity index (χ1v) is 11.2. The summed E-state index contributed by atoms with van der Waals surface area (Å²) in [7, 11) is 2.79. The number of phenols is 2. The van der Waals surface area contributed by atoms with Crippen LogP contribution in [0.5, 0.6) is 28.7 Å². The molecule has 3 atom stereocenters. The van der Waals surface area contributed by atoms with E-state index in [1.54, 1.807) is 19.9 Å². The molecule has 0 aromatic heterocycles. The number of carbonyl (C=O) groups excluding carboxylic acids is 1. The van der Waals surface area contributed by atoms with E-state index in [0.29, 0.717) is 16.9 Å². The molecule has 0 unspecified atom stereocenters. The lowest BCUT2D eigenvalue weighted by atomic mass is 9.88. The Morgan fingerprint density at radius 3 is 2.37 bits per heavy atom. The molecule has 3 aliphatic rings. The number of benzene rings is 2. The Bertz CT molecular complexity index is 1270. The third-order valence-corrected chi connectivity index (χ3v) is 6.60. The van der Waals surface area contributed by atoms with Crippen molar-refractivity contribution in [1.29, 1.82) is 0 Å². The van der Waals surface area contributed by atoms with Crippen molar-refractivity contribution in [3.8, 4) is 28.7 Å². The van der Waals surface area contributed by atoms with Crippen LogP contribution in [0.1, 0.15) is 60.8 Å². The van der Waals surface area contributed by atoms with Crippen molar-refractivity contribution < 1.29 is 43.8 Å². The van der Waals surface area contributed by atoms with Gasteiger partial charge in [-0.3, -0.25) is 4.79 Å². The Hall–Kier alpha value is -3.27. The van der Waals surface area contributed by atoms with Crippen molar-refractivity contribution in [2.45, 2.75) is 56.9 Å². The van der Waals surface area contributed by atoms with E-state index in [0.717, 1.165) is 6.07 Å². The van der Waals surface area contributed by atoms with E-state index in [9.17, 15) is 20.1 Å². The standard InChI is InChI=1S/C26H28O9/c1-24(2)10-9-13-18(34-24)16-20(33-23(21(16)31-5)25(3,4)30)17-19(13)35-26(32-6,22(17)29)14-8-7-12(27)11-15(14)28/h7-11,21,23,27-28,30H,1-6H3/t21-,23-,26-/m1/s1. The molecule has 2 aromatic rings. The number of methoxy groups -OCH3 is 2. The number of Topliss-reactive ketones (excluding diaryl/α,β-unsaturated/α-hetero) is 1. The van der Waals surface area contributed by atoms with Crippen LogP contribution in [0.3, 0.4) is 0 Å². The van der Waals surface area contributed by atoms with Gasteiger partial charge in [-0.15, -0.1) is 0 Å². The summed E-state index contributed by atoms with van der Waals surface area (Å²) >= 11 is 0. The first-order valence-electron chi connectivity index (χ1n) is 11.2. The van der Waals surface area contributed by atoms with Crippen LogP contribution >= 0.6 is 0 Å². The van der Waals surface area contributed by atoms with Crippen LogP contribution in [-0.4, -0.2) is 52.6 Å². The molecule has 5 rings (SSSR count). The number of fused-ring (bicyclic) bond motifs is 6. The Morgan fingerprint density at radius 2 is 1.77 bits per heavy atom. The van der Waals surface area contributed by atoms with Crippen LogP contribution in [0.2, 0.25) is 0 Å². The zero-order valence-electron chi connectivity index (χ0n) is 20.3. The van der Waals surface area contributed by atoms with Gasteiger partial charge in [-0.2, -0.15) is 0 Å². The Kier molecular flexibility index (Phi) is 4.94. The molecule has 2 aromatic carbocycles. The van der Waals surface area contributed by atoms with E-state index in [1.165, 1.54) is 26.4 Å². The summed E-state index contributed by atoms with van der Waals surface area (Å²) in [6, 6.07) is 3.78. The fraction of sp³-hybridized carbons (Fsp3) is 0.423. The van der Waals surface area contributed by atoms with Crippen LogP contribution in [0.25, 0.3) is 6.08 Å². The molecule has 0 saturated carbocycles. The normalized spacial score (nSPS) is 25.9. The third kappa shape index (κ3) is 3.22. The average molecular weight is 485 g/mol. The number of aliphatic hydroxyl groups is 1. The molecule has 0 radical (unpaired) electrons. The number of hydrogen-bond acceptors (Lipinski definition) is 9. The molecule has 9 heteroatoms. The van der Waals surface area contributed by atoms with Gasteiger partial charge in [0.1, 0.15) is 46.0 Å².